The Hall–Kier alpha value is -3.02. The van der Waals surface area contributed by atoms with Crippen molar-refractivity contribution in [3.8, 4) is 5.95 Å². The Bertz CT molecular complexity index is 1000. The van der Waals surface area contributed by atoms with Crippen LogP contribution in [-0.4, -0.2) is 31.7 Å². The van der Waals surface area contributed by atoms with Crippen molar-refractivity contribution < 1.29 is 4.79 Å². The third kappa shape index (κ3) is 3.67. The Kier molecular flexibility index (Phi) is 4.71. The molecule has 144 valence electrons. The third-order valence-corrected chi connectivity index (χ3v) is 5.30. The van der Waals surface area contributed by atoms with Crippen molar-refractivity contribution in [1.82, 2.24) is 25.1 Å². The highest BCUT2D eigenvalue weighted by Gasteiger charge is 2.39. The summed E-state index contributed by atoms with van der Waals surface area (Å²) >= 11 is 0. The number of carbonyl (C=O) groups is 1. The van der Waals surface area contributed by atoms with Crippen molar-refractivity contribution in [1.29, 1.82) is 0 Å². The first-order valence-electron chi connectivity index (χ1n) is 9.64. The average Bonchev–Trinajstić information content (AvgIpc) is 3.36. The smallest absolute Gasteiger partial charge is 0.251 e. The lowest BCUT2D eigenvalue weighted by Crippen LogP contribution is -2.28. The molecule has 1 aliphatic rings. The number of carbonyl (C=O) groups excluding carboxylic acids is 1. The van der Waals surface area contributed by atoms with E-state index in [0.717, 1.165) is 34.8 Å². The van der Waals surface area contributed by atoms with E-state index in [1.807, 2.05) is 52.0 Å². The van der Waals surface area contributed by atoms with Gasteiger partial charge in [0.05, 0.1) is 12.1 Å². The summed E-state index contributed by atoms with van der Waals surface area (Å²) in [7, 11) is 0. The Morgan fingerprint density at radius 1 is 1.11 bits per heavy atom. The van der Waals surface area contributed by atoms with E-state index in [1.165, 1.54) is 5.56 Å². The average molecular weight is 375 g/mol. The van der Waals surface area contributed by atoms with Gasteiger partial charge in [-0.15, -0.1) is 0 Å². The van der Waals surface area contributed by atoms with E-state index in [4.69, 9.17) is 0 Å². The zero-order valence-electron chi connectivity index (χ0n) is 16.7. The second-order valence-corrected chi connectivity index (χ2v) is 7.62. The van der Waals surface area contributed by atoms with E-state index in [9.17, 15) is 4.79 Å². The topological polar surface area (TPSA) is 72.7 Å². The first kappa shape index (κ1) is 18.3. The van der Waals surface area contributed by atoms with Crippen molar-refractivity contribution in [2.75, 3.05) is 0 Å². The summed E-state index contributed by atoms with van der Waals surface area (Å²) in [6, 6.07) is 12.5. The van der Waals surface area contributed by atoms with Gasteiger partial charge in [0.15, 0.2) is 0 Å². The highest BCUT2D eigenvalue weighted by molar-refractivity contribution is 5.80. The lowest BCUT2D eigenvalue weighted by molar-refractivity contribution is -0.120. The van der Waals surface area contributed by atoms with Crippen LogP contribution in [0, 0.1) is 27.7 Å². The molecule has 1 amide bonds. The molecule has 0 unspecified atom stereocenters. The van der Waals surface area contributed by atoms with Crippen molar-refractivity contribution in [2.24, 2.45) is 0 Å². The van der Waals surface area contributed by atoms with Gasteiger partial charge < -0.3 is 5.32 Å². The van der Waals surface area contributed by atoms with Crippen LogP contribution in [0.3, 0.4) is 0 Å². The van der Waals surface area contributed by atoms with E-state index in [1.54, 1.807) is 4.68 Å². The summed E-state index contributed by atoms with van der Waals surface area (Å²) in [6.45, 7) is 7.78. The fourth-order valence-corrected chi connectivity index (χ4v) is 3.77. The standard InChI is InChI=1S/C22H25N5O/c1-13-10-14(2)24-22(23-13)27-16(4)18(15(3)26-27)12-21(28)25-20-11-19(20)17-8-6-5-7-9-17/h5-10,19-20H,11-12H2,1-4H3,(H,25,28)/t19-,20-/m0/s1. The van der Waals surface area contributed by atoms with Crippen LogP contribution in [0.2, 0.25) is 0 Å². The Labute approximate surface area is 165 Å². The van der Waals surface area contributed by atoms with Crippen LogP contribution in [0.15, 0.2) is 36.4 Å². The third-order valence-electron chi connectivity index (χ3n) is 5.30. The molecule has 28 heavy (non-hydrogen) atoms. The monoisotopic (exact) mass is 375 g/mol. The Morgan fingerprint density at radius 3 is 2.46 bits per heavy atom. The molecule has 1 aromatic carbocycles. The van der Waals surface area contributed by atoms with Crippen LogP contribution in [-0.2, 0) is 11.2 Å². The molecule has 1 saturated carbocycles. The molecule has 2 atom stereocenters. The zero-order chi connectivity index (χ0) is 19.8. The summed E-state index contributed by atoms with van der Waals surface area (Å²) in [5, 5.41) is 7.75. The maximum Gasteiger partial charge on any atom is 0.251 e. The molecule has 2 heterocycles. The van der Waals surface area contributed by atoms with Crippen LogP contribution >= 0.6 is 0 Å². The van der Waals surface area contributed by atoms with Gasteiger partial charge in [0.2, 0.25) is 5.91 Å². The van der Waals surface area contributed by atoms with E-state index in [0.29, 0.717) is 18.3 Å². The number of rotatable bonds is 5. The number of nitrogens with one attached hydrogen (secondary N) is 1. The van der Waals surface area contributed by atoms with Gasteiger partial charge in [-0.05, 0) is 45.7 Å². The second kappa shape index (κ2) is 7.19. The summed E-state index contributed by atoms with van der Waals surface area (Å²) in [5.41, 5.74) is 5.78. The van der Waals surface area contributed by atoms with Crippen molar-refractivity contribution in [2.45, 2.75) is 52.5 Å². The number of nitrogens with zero attached hydrogens (tertiary/aromatic N) is 4. The first-order chi connectivity index (χ1) is 13.4. The number of hydrogen-bond acceptors (Lipinski definition) is 4. The molecule has 3 aromatic rings. The van der Waals surface area contributed by atoms with Crippen LogP contribution in [0.5, 0.6) is 0 Å². The predicted octanol–water partition coefficient (Wildman–Crippen LogP) is 3.11. The highest BCUT2D eigenvalue weighted by Crippen LogP contribution is 2.40. The van der Waals surface area contributed by atoms with Crippen LogP contribution < -0.4 is 5.32 Å². The maximum atomic E-state index is 12.6. The van der Waals surface area contributed by atoms with Crippen LogP contribution in [0.4, 0.5) is 0 Å². The van der Waals surface area contributed by atoms with Crippen molar-refractivity contribution >= 4 is 5.91 Å². The van der Waals surface area contributed by atoms with Gasteiger partial charge in [0.25, 0.3) is 5.95 Å². The SMILES string of the molecule is Cc1cc(C)nc(-n2nc(C)c(CC(=O)N[C@H]3C[C@H]3c3ccccc3)c2C)n1. The summed E-state index contributed by atoms with van der Waals surface area (Å²) in [5.74, 6) is 1.02. The number of hydrogen-bond donors (Lipinski definition) is 1. The molecule has 4 rings (SSSR count). The molecule has 6 nitrogen and oxygen atoms in total. The first-order valence-corrected chi connectivity index (χ1v) is 9.64. The van der Waals surface area contributed by atoms with Gasteiger partial charge in [-0.2, -0.15) is 5.10 Å². The van der Waals surface area contributed by atoms with E-state index < -0.39 is 0 Å². The number of benzene rings is 1. The summed E-state index contributed by atoms with van der Waals surface area (Å²) in [6.07, 6.45) is 1.32. The van der Waals surface area contributed by atoms with Gasteiger partial charge in [-0.25, -0.2) is 14.6 Å². The van der Waals surface area contributed by atoms with E-state index >= 15 is 0 Å². The molecule has 0 radical (unpaired) electrons. The van der Waals surface area contributed by atoms with Gasteiger partial charge in [0.1, 0.15) is 0 Å². The van der Waals surface area contributed by atoms with Gasteiger partial charge in [-0.3, -0.25) is 4.79 Å². The zero-order valence-corrected chi connectivity index (χ0v) is 16.7. The number of aryl methyl sites for hydroxylation is 3. The molecule has 0 spiro atoms. The number of amides is 1. The molecule has 2 aromatic heterocycles. The molecule has 0 bridgehead atoms. The quantitative estimate of drug-likeness (QED) is 0.744. The van der Waals surface area contributed by atoms with Crippen molar-refractivity contribution in [3.63, 3.8) is 0 Å². The minimum absolute atomic E-state index is 0.0375. The van der Waals surface area contributed by atoms with E-state index in [-0.39, 0.29) is 11.9 Å². The van der Waals surface area contributed by atoms with Crippen LogP contribution in [0.1, 0.15) is 46.2 Å². The maximum absolute atomic E-state index is 12.6. The van der Waals surface area contributed by atoms with Gasteiger partial charge in [-0.1, -0.05) is 30.3 Å². The van der Waals surface area contributed by atoms with Crippen molar-refractivity contribution in [3.05, 3.63) is 70.3 Å². The lowest BCUT2D eigenvalue weighted by Gasteiger charge is -2.07. The normalized spacial score (nSPS) is 18.1. The Balaban J connectivity index is 1.47. The molecule has 1 fully saturated rings. The Morgan fingerprint density at radius 2 is 1.79 bits per heavy atom. The fourth-order valence-electron chi connectivity index (χ4n) is 3.77. The number of aromatic nitrogens is 4. The predicted molar refractivity (Wildman–Crippen MR) is 108 cm³/mol. The van der Waals surface area contributed by atoms with Crippen LogP contribution in [0.25, 0.3) is 5.95 Å². The molecule has 0 saturated heterocycles. The molecular weight excluding hydrogens is 350 g/mol. The molecule has 6 heteroatoms. The molecule has 1 aliphatic carbocycles. The minimum atomic E-state index is 0.0375. The fraction of sp³-hybridized carbons (Fsp3) is 0.364. The van der Waals surface area contributed by atoms with Gasteiger partial charge in [0, 0.05) is 34.6 Å². The highest BCUT2D eigenvalue weighted by atomic mass is 16.1. The second-order valence-electron chi connectivity index (χ2n) is 7.62. The molecule has 0 aliphatic heterocycles. The summed E-state index contributed by atoms with van der Waals surface area (Å²) < 4.78 is 1.74. The molecule has 1 N–H and O–H groups in total. The largest absolute Gasteiger partial charge is 0.352 e. The van der Waals surface area contributed by atoms with E-state index in [2.05, 4.69) is 32.5 Å². The minimum Gasteiger partial charge on any atom is -0.352 e. The van der Waals surface area contributed by atoms with Gasteiger partial charge >= 0.3 is 0 Å². The summed E-state index contributed by atoms with van der Waals surface area (Å²) in [4.78, 5) is 21.6. The molecular formula is C22H25N5O. The lowest BCUT2D eigenvalue weighted by atomic mass is 10.1.